The van der Waals surface area contributed by atoms with Gasteiger partial charge in [0.1, 0.15) is 24.7 Å². The molecular weight excluding hydrogens is 263 g/mol. The van der Waals surface area contributed by atoms with E-state index in [1.54, 1.807) is 6.07 Å². The second-order valence-corrected chi connectivity index (χ2v) is 3.91. The van der Waals surface area contributed by atoms with Crippen LogP contribution in [0.25, 0.3) is 5.69 Å². The number of imidazole rings is 1. The molecule has 0 radical (unpaired) electrons. The van der Waals surface area contributed by atoms with Crippen LogP contribution in [0.5, 0.6) is 0 Å². The van der Waals surface area contributed by atoms with E-state index in [1.165, 1.54) is 52.8 Å². The first-order chi connectivity index (χ1) is 9.74. The van der Waals surface area contributed by atoms with Gasteiger partial charge in [-0.15, -0.1) is 0 Å². The normalized spacial score (nSPS) is 10.4. The van der Waals surface area contributed by atoms with E-state index in [-0.39, 0.29) is 5.69 Å². The van der Waals surface area contributed by atoms with E-state index in [0.29, 0.717) is 5.69 Å². The maximum atomic E-state index is 13.9. The summed E-state index contributed by atoms with van der Waals surface area (Å²) in [5, 5.41) is 6.40. The van der Waals surface area contributed by atoms with Gasteiger partial charge < -0.3 is 5.32 Å². The monoisotopic (exact) mass is 272 g/mol. The summed E-state index contributed by atoms with van der Waals surface area (Å²) in [6.45, 7) is 0. The predicted molar refractivity (Wildman–Crippen MR) is 68.0 cm³/mol. The van der Waals surface area contributed by atoms with Gasteiger partial charge in [-0.2, -0.15) is 5.10 Å². The average Bonchev–Trinajstić information content (AvgIpc) is 3.12. The number of hydrogen-bond donors (Lipinski definition) is 1. The van der Waals surface area contributed by atoms with Crippen LogP contribution in [0.1, 0.15) is 0 Å². The van der Waals surface area contributed by atoms with Crippen LogP contribution in [-0.4, -0.2) is 30.3 Å². The van der Waals surface area contributed by atoms with E-state index >= 15 is 0 Å². The molecule has 3 aromatic rings. The Bertz CT molecular complexity index is 723. The molecule has 0 spiro atoms. The minimum absolute atomic E-state index is 0.253. The van der Waals surface area contributed by atoms with Crippen LogP contribution >= 0.6 is 0 Å². The van der Waals surface area contributed by atoms with E-state index < -0.39 is 11.8 Å². The van der Waals surface area contributed by atoms with E-state index in [4.69, 9.17) is 0 Å². The number of benzene rings is 1. The van der Waals surface area contributed by atoms with Crippen molar-refractivity contribution >= 4 is 11.7 Å². The van der Waals surface area contributed by atoms with Crippen molar-refractivity contribution in [3.05, 3.63) is 55.4 Å². The largest absolute Gasteiger partial charge is 0.331 e. The summed E-state index contributed by atoms with van der Waals surface area (Å²) in [5.74, 6) is -0.515. The van der Waals surface area contributed by atoms with Crippen molar-refractivity contribution in [2.45, 2.75) is 0 Å². The van der Waals surface area contributed by atoms with Crippen LogP contribution in [0.2, 0.25) is 0 Å². The molecule has 0 saturated heterocycles. The van der Waals surface area contributed by atoms with Gasteiger partial charge in [0.25, 0.3) is 0 Å². The van der Waals surface area contributed by atoms with Gasteiger partial charge in [-0.3, -0.25) is 4.57 Å². The van der Waals surface area contributed by atoms with Crippen molar-refractivity contribution in [3.63, 3.8) is 0 Å². The number of rotatable bonds is 2. The number of carbonyl (C=O) groups is 1. The second kappa shape index (κ2) is 4.92. The predicted octanol–water partition coefficient (Wildman–Crippen LogP) is 1.68. The third-order valence-electron chi connectivity index (χ3n) is 2.60. The molecular formula is C12H9FN6O. The summed E-state index contributed by atoms with van der Waals surface area (Å²) in [6, 6.07) is 3.88. The molecule has 0 aliphatic heterocycles. The topological polar surface area (TPSA) is 77.6 Å². The zero-order valence-corrected chi connectivity index (χ0v) is 10.1. The second-order valence-electron chi connectivity index (χ2n) is 3.91. The maximum Gasteiger partial charge on any atom is 0.331 e. The van der Waals surface area contributed by atoms with Crippen LogP contribution in [-0.2, 0) is 0 Å². The highest BCUT2D eigenvalue weighted by Gasteiger charge is 2.09. The van der Waals surface area contributed by atoms with E-state index in [9.17, 15) is 9.18 Å². The van der Waals surface area contributed by atoms with Gasteiger partial charge in [0.2, 0.25) is 0 Å². The lowest BCUT2D eigenvalue weighted by Gasteiger charge is -2.07. The zero-order chi connectivity index (χ0) is 13.9. The number of aromatic nitrogens is 5. The van der Waals surface area contributed by atoms with Crippen LogP contribution in [0.4, 0.5) is 14.9 Å². The SMILES string of the molecule is O=C(Nc1ccc(-n2cncn2)c(F)c1)n1ccnc1. The van der Waals surface area contributed by atoms with Crippen molar-refractivity contribution in [2.24, 2.45) is 0 Å². The number of amides is 1. The van der Waals surface area contributed by atoms with Gasteiger partial charge >= 0.3 is 6.03 Å². The maximum absolute atomic E-state index is 13.9. The van der Waals surface area contributed by atoms with E-state index in [0.717, 1.165) is 0 Å². The van der Waals surface area contributed by atoms with Crippen LogP contribution in [0, 0.1) is 5.82 Å². The molecule has 0 saturated carbocycles. The van der Waals surface area contributed by atoms with E-state index in [1.807, 2.05) is 0 Å². The number of nitrogens with zero attached hydrogens (tertiary/aromatic N) is 5. The minimum Gasteiger partial charge on any atom is -0.307 e. The molecule has 1 aromatic carbocycles. The Morgan fingerprint density at radius 1 is 1.25 bits per heavy atom. The summed E-state index contributed by atoms with van der Waals surface area (Å²) in [6.07, 6.45) is 7.04. The van der Waals surface area contributed by atoms with Crippen molar-refractivity contribution in [1.82, 2.24) is 24.3 Å². The minimum atomic E-state index is -0.515. The molecule has 0 unspecified atom stereocenters. The fourth-order valence-electron chi connectivity index (χ4n) is 1.67. The Balaban J connectivity index is 1.82. The smallest absolute Gasteiger partial charge is 0.307 e. The zero-order valence-electron chi connectivity index (χ0n) is 10.1. The van der Waals surface area contributed by atoms with Crippen molar-refractivity contribution in [2.75, 3.05) is 5.32 Å². The number of carbonyl (C=O) groups excluding carboxylic acids is 1. The van der Waals surface area contributed by atoms with Gasteiger partial charge in [0, 0.05) is 18.1 Å². The lowest BCUT2D eigenvalue weighted by Crippen LogP contribution is -2.17. The fourth-order valence-corrected chi connectivity index (χ4v) is 1.67. The third-order valence-corrected chi connectivity index (χ3v) is 2.60. The molecule has 0 aliphatic carbocycles. The first kappa shape index (κ1) is 12.0. The molecule has 0 aliphatic rings. The van der Waals surface area contributed by atoms with Crippen LogP contribution in [0.15, 0.2) is 49.6 Å². The Morgan fingerprint density at radius 3 is 2.80 bits per heavy atom. The summed E-state index contributed by atoms with van der Waals surface area (Å²) < 4.78 is 16.5. The molecule has 1 amide bonds. The highest BCUT2D eigenvalue weighted by Crippen LogP contribution is 2.17. The van der Waals surface area contributed by atoms with Crippen molar-refractivity contribution in [1.29, 1.82) is 0 Å². The Morgan fingerprint density at radius 2 is 2.15 bits per heavy atom. The summed E-state index contributed by atoms with van der Waals surface area (Å²) >= 11 is 0. The number of halogens is 1. The Labute approximate surface area is 112 Å². The molecule has 7 nitrogen and oxygen atoms in total. The molecule has 20 heavy (non-hydrogen) atoms. The molecule has 2 heterocycles. The molecule has 8 heteroatoms. The van der Waals surface area contributed by atoms with Gasteiger partial charge in [0.05, 0.1) is 0 Å². The molecule has 0 atom stereocenters. The van der Waals surface area contributed by atoms with Gasteiger partial charge in [-0.05, 0) is 18.2 Å². The molecule has 3 rings (SSSR count). The first-order valence-electron chi connectivity index (χ1n) is 5.68. The highest BCUT2D eigenvalue weighted by atomic mass is 19.1. The molecule has 0 bridgehead atoms. The number of nitrogens with one attached hydrogen (secondary N) is 1. The van der Waals surface area contributed by atoms with Crippen molar-refractivity contribution < 1.29 is 9.18 Å². The van der Waals surface area contributed by atoms with Crippen molar-refractivity contribution in [3.8, 4) is 5.69 Å². The number of anilines is 1. The van der Waals surface area contributed by atoms with Gasteiger partial charge in [-0.25, -0.2) is 23.8 Å². The molecule has 100 valence electrons. The first-order valence-corrected chi connectivity index (χ1v) is 5.68. The Hall–Kier alpha value is -3.03. The lowest BCUT2D eigenvalue weighted by molar-refractivity contribution is 0.253. The summed E-state index contributed by atoms with van der Waals surface area (Å²) in [4.78, 5) is 19.3. The van der Waals surface area contributed by atoms with Crippen LogP contribution < -0.4 is 5.32 Å². The summed E-state index contributed by atoms with van der Waals surface area (Å²) in [5.41, 5.74) is 0.591. The quantitative estimate of drug-likeness (QED) is 0.770. The third kappa shape index (κ3) is 2.26. The van der Waals surface area contributed by atoms with E-state index in [2.05, 4.69) is 20.4 Å². The lowest BCUT2D eigenvalue weighted by atomic mass is 10.2. The average molecular weight is 272 g/mol. The highest BCUT2D eigenvalue weighted by molar-refractivity contribution is 5.90. The molecule has 1 N–H and O–H groups in total. The molecule has 0 fully saturated rings. The molecule has 2 aromatic heterocycles. The standard InChI is InChI=1S/C12H9FN6O/c13-10-5-9(17-12(20)18-4-3-14-7-18)1-2-11(10)19-8-15-6-16-19/h1-8H,(H,17,20). The van der Waals surface area contributed by atoms with Gasteiger partial charge in [0.15, 0.2) is 5.82 Å². The van der Waals surface area contributed by atoms with Gasteiger partial charge in [-0.1, -0.05) is 0 Å². The Kier molecular flexibility index (Phi) is 2.96. The fraction of sp³-hybridized carbons (Fsp3) is 0. The summed E-state index contributed by atoms with van der Waals surface area (Å²) in [7, 11) is 0. The number of hydrogen-bond acceptors (Lipinski definition) is 4. The van der Waals surface area contributed by atoms with Crippen LogP contribution in [0.3, 0.4) is 0 Å².